The van der Waals surface area contributed by atoms with E-state index in [1.807, 2.05) is 23.1 Å². The molecule has 100 valence electrons. The number of rotatable bonds is 5. The molecule has 0 saturated carbocycles. The molecule has 1 aliphatic rings. The van der Waals surface area contributed by atoms with Crippen LogP contribution in [-0.4, -0.2) is 17.0 Å². The molecular formula is C14H22N2S2. The van der Waals surface area contributed by atoms with Gasteiger partial charge in [0.05, 0.1) is 6.54 Å². The molecule has 1 fully saturated rings. The summed E-state index contributed by atoms with van der Waals surface area (Å²) >= 11 is 3.75. The second-order valence-electron chi connectivity index (χ2n) is 5.12. The van der Waals surface area contributed by atoms with Gasteiger partial charge in [0.25, 0.3) is 0 Å². The number of aliphatic imine (C=N–C) groups is 1. The SMILES string of the molecule is CCc1ccc(CN=C2NC(CC(C)C)CS2)s1. The summed E-state index contributed by atoms with van der Waals surface area (Å²) in [5.41, 5.74) is 0. The molecule has 1 aromatic heterocycles. The Morgan fingerprint density at radius 2 is 2.17 bits per heavy atom. The van der Waals surface area contributed by atoms with E-state index in [1.165, 1.54) is 21.9 Å². The van der Waals surface area contributed by atoms with E-state index in [-0.39, 0.29) is 0 Å². The summed E-state index contributed by atoms with van der Waals surface area (Å²) in [6.07, 6.45) is 2.37. The van der Waals surface area contributed by atoms with Crippen LogP contribution in [0.15, 0.2) is 17.1 Å². The standard InChI is InChI=1S/C14H22N2S2/c1-4-12-5-6-13(18-12)8-15-14-16-11(9-17-14)7-10(2)3/h5-6,10-11H,4,7-9H2,1-3H3,(H,15,16). The minimum atomic E-state index is 0.614. The van der Waals surface area contributed by atoms with Gasteiger partial charge < -0.3 is 5.32 Å². The molecule has 1 N–H and O–H groups in total. The van der Waals surface area contributed by atoms with Crippen molar-refractivity contribution in [3.8, 4) is 0 Å². The van der Waals surface area contributed by atoms with E-state index in [0.29, 0.717) is 6.04 Å². The van der Waals surface area contributed by atoms with Gasteiger partial charge in [-0.25, -0.2) is 0 Å². The maximum atomic E-state index is 4.68. The van der Waals surface area contributed by atoms with Gasteiger partial charge in [0, 0.05) is 21.5 Å². The van der Waals surface area contributed by atoms with Crippen LogP contribution < -0.4 is 5.32 Å². The predicted octanol–water partition coefficient (Wildman–Crippen LogP) is 3.92. The van der Waals surface area contributed by atoms with Crippen LogP contribution in [0.3, 0.4) is 0 Å². The zero-order valence-electron chi connectivity index (χ0n) is 11.4. The van der Waals surface area contributed by atoms with E-state index in [2.05, 4.69) is 43.2 Å². The van der Waals surface area contributed by atoms with Crippen LogP contribution in [0.5, 0.6) is 0 Å². The summed E-state index contributed by atoms with van der Waals surface area (Å²) in [4.78, 5) is 7.50. The lowest BCUT2D eigenvalue weighted by Gasteiger charge is -2.11. The first-order chi connectivity index (χ1) is 8.67. The molecule has 4 heteroatoms. The van der Waals surface area contributed by atoms with Gasteiger partial charge >= 0.3 is 0 Å². The average molecular weight is 282 g/mol. The molecule has 1 unspecified atom stereocenters. The molecule has 1 aliphatic heterocycles. The Labute approximate surface area is 118 Å². The van der Waals surface area contributed by atoms with Crippen LogP contribution in [-0.2, 0) is 13.0 Å². The van der Waals surface area contributed by atoms with Crippen molar-refractivity contribution in [2.24, 2.45) is 10.9 Å². The minimum Gasteiger partial charge on any atom is -0.361 e. The summed E-state index contributed by atoms with van der Waals surface area (Å²) in [5.74, 6) is 1.92. The third-order valence-electron chi connectivity index (χ3n) is 2.95. The number of nitrogens with one attached hydrogen (secondary N) is 1. The highest BCUT2D eigenvalue weighted by atomic mass is 32.2. The van der Waals surface area contributed by atoms with Crippen LogP contribution in [0.25, 0.3) is 0 Å². The zero-order valence-corrected chi connectivity index (χ0v) is 13.0. The van der Waals surface area contributed by atoms with Crippen LogP contribution >= 0.6 is 23.1 Å². The zero-order chi connectivity index (χ0) is 13.0. The largest absolute Gasteiger partial charge is 0.361 e. The number of hydrogen-bond acceptors (Lipinski definition) is 3. The number of thiophene rings is 1. The van der Waals surface area contributed by atoms with Gasteiger partial charge in [-0.1, -0.05) is 32.5 Å². The smallest absolute Gasteiger partial charge is 0.157 e. The average Bonchev–Trinajstić information content (AvgIpc) is 2.94. The first kappa shape index (κ1) is 13.9. The molecule has 2 heterocycles. The van der Waals surface area contributed by atoms with Crippen LogP contribution in [0.4, 0.5) is 0 Å². The number of thioether (sulfide) groups is 1. The van der Waals surface area contributed by atoms with Crippen molar-refractivity contribution in [2.75, 3.05) is 5.75 Å². The monoisotopic (exact) mass is 282 g/mol. The van der Waals surface area contributed by atoms with Crippen molar-refractivity contribution >= 4 is 28.3 Å². The molecule has 2 nitrogen and oxygen atoms in total. The van der Waals surface area contributed by atoms with Gasteiger partial charge in [0.15, 0.2) is 5.17 Å². The molecule has 1 saturated heterocycles. The maximum Gasteiger partial charge on any atom is 0.157 e. The third kappa shape index (κ3) is 4.02. The van der Waals surface area contributed by atoms with Gasteiger partial charge in [0.2, 0.25) is 0 Å². The van der Waals surface area contributed by atoms with Crippen molar-refractivity contribution in [1.29, 1.82) is 0 Å². The predicted molar refractivity (Wildman–Crippen MR) is 83.7 cm³/mol. The first-order valence-electron chi connectivity index (χ1n) is 6.68. The molecule has 0 amide bonds. The number of aryl methyl sites for hydroxylation is 1. The van der Waals surface area contributed by atoms with Crippen molar-refractivity contribution in [1.82, 2.24) is 5.32 Å². The number of hydrogen-bond donors (Lipinski definition) is 1. The van der Waals surface area contributed by atoms with Gasteiger partial charge in [0.1, 0.15) is 0 Å². The molecule has 0 aliphatic carbocycles. The molecule has 0 bridgehead atoms. The Kier molecular flexibility index (Phi) is 5.13. The van der Waals surface area contributed by atoms with Crippen molar-refractivity contribution in [3.63, 3.8) is 0 Å². The number of nitrogens with zero attached hydrogens (tertiary/aromatic N) is 1. The van der Waals surface area contributed by atoms with Crippen molar-refractivity contribution in [3.05, 3.63) is 21.9 Å². The highest BCUT2D eigenvalue weighted by molar-refractivity contribution is 8.14. The molecule has 18 heavy (non-hydrogen) atoms. The van der Waals surface area contributed by atoms with Gasteiger partial charge in [-0.2, -0.15) is 0 Å². The van der Waals surface area contributed by atoms with E-state index in [1.54, 1.807) is 0 Å². The maximum absolute atomic E-state index is 4.68. The third-order valence-corrected chi connectivity index (χ3v) is 5.25. The van der Waals surface area contributed by atoms with E-state index in [0.717, 1.165) is 24.1 Å². The second kappa shape index (κ2) is 6.62. The first-order valence-corrected chi connectivity index (χ1v) is 8.49. The molecular weight excluding hydrogens is 260 g/mol. The molecule has 1 aromatic rings. The summed E-state index contributed by atoms with van der Waals surface area (Å²) < 4.78 is 0. The van der Waals surface area contributed by atoms with Crippen LogP contribution in [0.1, 0.15) is 36.9 Å². The number of amidine groups is 1. The molecule has 0 radical (unpaired) electrons. The van der Waals surface area contributed by atoms with E-state index < -0.39 is 0 Å². The minimum absolute atomic E-state index is 0.614. The van der Waals surface area contributed by atoms with E-state index in [4.69, 9.17) is 0 Å². The van der Waals surface area contributed by atoms with Crippen molar-refractivity contribution in [2.45, 2.75) is 46.2 Å². The highest BCUT2D eigenvalue weighted by Crippen LogP contribution is 2.21. The van der Waals surface area contributed by atoms with Crippen molar-refractivity contribution < 1.29 is 0 Å². The molecule has 2 rings (SSSR count). The summed E-state index contributed by atoms with van der Waals surface area (Å²) in [7, 11) is 0. The topological polar surface area (TPSA) is 24.4 Å². The Balaban J connectivity index is 1.83. The lowest BCUT2D eigenvalue weighted by atomic mass is 10.1. The summed E-state index contributed by atoms with van der Waals surface area (Å²) in [5, 5.41) is 4.66. The fourth-order valence-electron chi connectivity index (χ4n) is 2.07. The second-order valence-corrected chi connectivity index (χ2v) is 7.39. The fourth-order valence-corrected chi connectivity index (χ4v) is 3.94. The van der Waals surface area contributed by atoms with Crippen LogP contribution in [0.2, 0.25) is 0 Å². The van der Waals surface area contributed by atoms with E-state index in [9.17, 15) is 0 Å². The quantitative estimate of drug-likeness (QED) is 0.885. The summed E-state index contributed by atoms with van der Waals surface area (Å²) in [6.45, 7) is 7.58. The van der Waals surface area contributed by atoms with Gasteiger partial charge in [-0.3, -0.25) is 4.99 Å². The Hall–Kier alpha value is -0.480. The Morgan fingerprint density at radius 3 is 2.83 bits per heavy atom. The van der Waals surface area contributed by atoms with E-state index >= 15 is 0 Å². The van der Waals surface area contributed by atoms with Crippen LogP contribution in [0, 0.1) is 5.92 Å². The van der Waals surface area contributed by atoms with Gasteiger partial charge in [-0.05, 0) is 30.9 Å². The molecule has 0 aromatic carbocycles. The Bertz CT molecular complexity index is 410. The fraction of sp³-hybridized carbons (Fsp3) is 0.643. The van der Waals surface area contributed by atoms with Gasteiger partial charge in [-0.15, -0.1) is 11.3 Å². The highest BCUT2D eigenvalue weighted by Gasteiger charge is 2.20. The lowest BCUT2D eigenvalue weighted by Crippen LogP contribution is -2.28. The molecule has 0 spiro atoms. The lowest BCUT2D eigenvalue weighted by molar-refractivity contribution is 0.502. The molecule has 1 atom stereocenters. The Morgan fingerprint density at radius 1 is 1.39 bits per heavy atom. The normalized spacial score (nSPS) is 21.8. The summed E-state index contributed by atoms with van der Waals surface area (Å²) in [6, 6.07) is 5.04.